The Kier molecular flexibility index (Phi) is 7.17. The van der Waals surface area contributed by atoms with Crippen LogP contribution in [0.3, 0.4) is 0 Å². The fourth-order valence-corrected chi connectivity index (χ4v) is 2.99. The van der Waals surface area contributed by atoms with Crippen LogP contribution in [0.15, 0.2) is 85.2 Å². The van der Waals surface area contributed by atoms with Crippen molar-refractivity contribution in [2.45, 2.75) is 26.5 Å². The molecule has 29 heavy (non-hydrogen) atoms. The third kappa shape index (κ3) is 6.32. The molecule has 0 bridgehead atoms. The molecule has 3 rings (SSSR count). The first-order chi connectivity index (χ1) is 14.1. The molecule has 2 aromatic carbocycles. The molecule has 1 unspecified atom stereocenters. The maximum atomic E-state index is 12.4. The number of rotatable bonds is 8. The van der Waals surface area contributed by atoms with E-state index in [1.165, 1.54) is 0 Å². The van der Waals surface area contributed by atoms with E-state index in [2.05, 4.69) is 24.1 Å². The maximum Gasteiger partial charge on any atom is 0.244 e. The summed E-state index contributed by atoms with van der Waals surface area (Å²) >= 11 is 0. The highest BCUT2D eigenvalue weighted by atomic mass is 16.5. The Morgan fingerprint density at radius 2 is 1.69 bits per heavy atom. The molecule has 0 saturated carbocycles. The summed E-state index contributed by atoms with van der Waals surface area (Å²) in [5, 5.41) is 3.10. The first kappa shape index (κ1) is 20.3. The smallest absolute Gasteiger partial charge is 0.244 e. The Morgan fingerprint density at radius 3 is 2.34 bits per heavy atom. The molecule has 0 radical (unpaired) electrons. The number of benzene rings is 2. The van der Waals surface area contributed by atoms with Crippen molar-refractivity contribution in [3.63, 3.8) is 0 Å². The summed E-state index contributed by atoms with van der Waals surface area (Å²) < 4.78 is 5.77. The quantitative estimate of drug-likeness (QED) is 0.542. The van der Waals surface area contributed by atoms with Gasteiger partial charge in [0.15, 0.2) is 0 Å². The van der Waals surface area contributed by atoms with Gasteiger partial charge in [0.1, 0.15) is 12.4 Å². The standard InChI is InChI=1S/C25H26N2O2/c1-19(2)25(22-6-4-3-5-7-22)27-24(28)13-10-20-8-11-23(12-9-20)29-18-21-14-16-26-17-15-21/h3-17,19,25H,18H2,1-2H3,(H,27,28). The average molecular weight is 386 g/mol. The Bertz CT molecular complexity index is 920. The van der Waals surface area contributed by atoms with E-state index < -0.39 is 0 Å². The van der Waals surface area contributed by atoms with Gasteiger partial charge in [-0.1, -0.05) is 56.3 Å². The zero-order chi connectivity index (χ0) is 20.5. The number of nitrogens with zero attached hydrogens (tertiary/aromatic N) is 1. The molecular formula is C25H26N2O2. The van der Waals surface area contributed by atoms with Gasteiger partial charge in [0.25, 0.3) is 0 Å². The highest BCUT2D eigenvalue weighted by Crippen LogP contribution is 2.21. The van der Waals surface area contributed by atoms with Crippen molar-refractivity contribution in [1.29, 1.82) is 0 Å². The highest BCUT2D eigenvalue weighted by Gasteiger charge is 2.16. The maximum absolute atomic E-state index is 12.4. The van der Waals surface area contributed by atoms with Gasteiger partial charge >= 0.3 is 0 Å². The van der Waals surface area contributed by atoms with Crippen molar-refractivity contribution in [3.05, 3.63) is 102 Å². The lowest BCUT2D eigenvalue weighted by Crippen LogP contribution is -2.30. The Morgan fingerprint density at radius 1 is 1.00 bits per heavy atom. The van der Waals surface area contributed by atoms with E-state index in [0.29, 0.717) is 12.5 Å². The van der Waals surface area contributed by atoms with Crippen LogP contribution in [0.4, 0.5) is 0 Å². The van der Waals surface area contributed by atoms with E-state index in [9.17, 15) is 4.79 Å². The molecule has 1 N–H and O–H groups in total. The normalized spacial score (nSPS) is 12.1. The summed E-state index contributed by atoms with van der Waals surface area (Å²) in [6.07, 6.45) is 6.88. The summed E-state index contributed by atoms with van der Waals surface area (Å²) in [6.45, 7) is 4.70. The molecule has 4 heteroatoms. The van der Waals surface area contributed by atoms with Crippen molar-refractivity contribution < 1.29 is 9.53 Å². The summed E-state index contributed by atoms with van der Waals surface area (Å²) in [4.78, 5) is 16.4. The minimum atomic E-state index is -0.106. The van der Waals surface area contributed by atoms with Crippen LogP contribution in [0.5, 0.6) is 5.75 Å². The SMILES string of the molecule is CC(C)C(NC(=O)C=Cc1ccc(OCc2ccncc2)cc1)c1ccccc1. The van der Waals surface area contributed by atoms with Gasteiger partial charge in [0, 0.05) is 18.5 Å². The third-order valence-electron chi connectivity index (χ3n) is 4.59. The molecule has 0 saturated heterocycles. The second-order valence-corrected chi connectivity index (χ2v) is 7.19. The number of carbonyl (C=O) groups excluding carboxylic acids is 1. The Hall–Kier alpha value is -3.40. The van der Waals surface area contributed by atoms with Gasteiger partial charge in [-0.05, 0) is 52.9 Å². The van der Waals surface area contributed by atoms with E-state index >= 15 is 0 Å². The van der Waals surface area contributed by atoms with E-state index in [1.807, 2.05) is 72.8 Å². The zero-order valence-electron chi connectivity index (χ0n) is 16.8. The average Bonchev–Trinajstić information content (AvgIpc) is 2.76. The first-order valence-corrected chi connectivity index (χ1v) is 9.77. The second-order valence-electron chi connectivity index (χ2n) is 7.19. The number of pyridine rings is 1. The van der Waals surface area contributed by atoms with Crippen LogP contribution in [0.1, 0.15) is 36.6 Å². The van der Waals surface area contributed by atoms with Crippen molar-refractivity contribution in [3.8, 4) is 5.75 Å². The molecule has 0 fully saturated rings. The van der Waals surface area contributed by atoms with E-state index in [1.54, 1.807) is 18.5 Å². The van der Waals surface area contributed by atoms with Crippen LogP contribution in [0, 0.1) is 5.92 Å². The van der Waals surface area contributed by atoms with Crippen LogP contribution in [-0.4, -0.2) is 10.9 Å². The lowest BCUT2D eigenvalue weighted by atomic mass is 9.96. The predicted molar refractivity (Wildman–Crippen MR) is 116 cm³/mol. The van der Waals surface area contributed by atoms with Crippen LogP contribution in [0.2, 0.25) is 0 Å². The summed E-state index contributed by atoms with van der Waals surface area (Å²) in [5.74, 6) is 0.976. The minimum Gasteiger partial charge on any atom is -0.489 e. The van der Waals surface area contributed by atoms with Crippen molar-refractivity contribution in [2.24, 2.45) is 5.92 Å². The summed E-state index contributed by atoms with van der Waals surface area (Å²) in [5.41, 5.74) is 3.12. The van der Waals surface area contributed by atoms with Gasteiger partial charge in [0.2, 0.25) is 5.91 Å². The number of nitrogens with one attached hydrogen (secondary N) is 1. The number of ether oxygens (including phenoxy) is 1. The monoisotopic (exact) mass is 386 g/mol. The zero-order valence-corrected chi connectivity index (χ0v) is 16.8. The molecule has 0 aliphatic rings. The Balaban J connectivity index is 1.55. The molecule has 0 aliphatic carbocycles. The lowest BCUT2D eigenvalue weighted by molar-refractivity contribution is -0.117. The molecule has 1 atom stereocenters. The van der Waals surface area contributed by atoms with Crippen molar-refractivity contribution in [2.75, 3.05) is 0 Å². The minimum absolute atomic E-state index is 0.0164. The van der Waals surface area contributed by atoms with Gasteiger partial charge in [-0.15, -0.1) is 0 Å². The molecule has 0 aliphatic heterocycles. The summed E-state index contributed by atoms with van der Waals surface area (Å²) in [6, 6.07) is 21.6. The van der Waals surface area contributed by atoms with Crippen LogP contribution >= 0.6 is 0 Å². The lowest BCUT2D eigenvalue weighted by Gasteiger charge is -2.22. The van der Waals surface area contributed by atoms with E-state index in [-0.39, 0.29) is 11.9 Å². The molecule has 1 amide bonds. The van der Waals surface area contributed by atoms with Gasteiger partial charge in [-0.2, -0.15) is 0 Å². The number of amides is 1. The van der Waals surface area contributed by atoms with Gasteiger partial charge in [-0.3, -0.25) is 9.78 Å². The number of hydrogen-bond donors (Lipinski definition) is 1. The van der Waals surface area contributed by atoms with Crippen molar-refractivity contribution >= 4 is 12.0 Å². The number of aromatic nitrogens is 1. The molecular weight excluding hydrogens is 360 g/mol. The fourth-order valence-electron chi connectivity index (χ4n) is 2.99. The van der Waals surface area contributed by atoms with Crippen LogP contribution in [-0.2, 0) is 11.4 Å². The van der Waals surface area contributed by atoms with E-state index in [4.69, 9.17) is 4.74 Å². The number of carbonyl (C=O) groups is 1. The Labute approximate surface area is 172 Å². The molecule has 4 nitrogen and oxygen atoms in total. The third-order valence-corrected chi connectivity index (χ3v) is 4.59. The second kappa shape index (κ2) is 10.2. The van der Waals surface area contributed by atoms with Gasteiger partial charge < -0.3 is 10.1 Å². The van der Waals surface area contributed by atoms with Crippen molar-refractivity contribution in [1.82, 2.24) is 10.3 Å². The largest absolute Gasteiger partial charge is 0.489 e. The van der Waals surface area contributed by atoms with Gasteiger partial charge in [0.05, 0.1) is 6.04 Å². The summed E-state index contributed by atoms with van der Waals surface area (Å²) in [7, 11) is 0. The molecule has 3 aromatic rings. The first-order valence-electron chi connectivity index (χ1n) is 9.77. The highest BCUT2D eigenvalue weighted by molar-refractivity contribution is 5.92. The van der Waals surface area contributed by atoms with Crippen LogP contribution < -0.4 is 10.1 Å². The molecule has 1 aromatic heterocycles. The topological polar surface area (TPSA) is 51.2 Å². The fraction of sp³-hybridized carbons (Fsp3) is 0.200. The van der Waals surface area contributed by atoms with E-state index in [0.717, 1.165) is 22.4 Å². The predicted octanol–water partition coefficient (Wildman–Crippen LogP) is 5.19. The molecule has 1 heterocycles. The van der Waals surface area contributed by atoms with Gasteiger partial charge in [-0.25, -0.2) is 0 Å². The van der Waals surface area contributed by atoms with Crippen LogP contribution in [0.25, 0.3) is 6.08 Å². The molecule has 0 spiro atoms. The molecule has 148 valence electrons. The number of hydrogen-bond acceptors (Lipinski definition) is 3.